The van der Waals surface area contributed by atoms with Crippen LogP contribution in [-0.2, 0) is 24.3 Å². The Morgan fingerprint density at radius 3 is 2.76 bits per heavy atom. The molecule has 1 atom stereocenters. The Bertz CT molecular complexity index is 1380. The SMILES string of the molecule is CC1COCCN1c1nc(-c2ccc(Nc3cncc(OCc4ccccc4)n3)cc2)nc2c1CCNC2. The highest BCUT2D eigenvalue weighted by atomic mass is 16.5. The van der Waals surface area contributed by atoms with Gasteiger partial charge in [0, 0.05) is 29.9 Å². The van der Waals surface area contributed by atoms with Crippen LogP contribution in [0.25, 0.3) is 11.4 Å². The molecule has 0 saturated carbocycles. The molecule has 9 heteroatoms. The number of anilines is 3. The maximum atomic E-state index is 5.81. The average molecular weight is 510 g/mol. The highest BCUT2D eigenvalue weighted by Gasteiger charge is 2.27. The summed E-state index contributed by atoms with van der Waals surface area (Å²) in [4.78, 5) is 21.2. The Morgan fingerprint density at radius 2 is 1.92 bits per heavy atom. The maximum Gasteiger partial charge on any atom is 0.234 e. The zero-order valence-electron chi connectivity index (χ0n) is 21.4. The number of hydrogen-bond acceptors (Lipinski definition) is 9. The minimum atomic E-state index is 0.283. The van der Waals surface area contributed by atoms with Gasteiger partial charge in [0.05, 0.1) is 37.3 Å². The highest BCUT2D eigenvalue weighted by molar-refractivity contribution is 5.65. The number of morpholine rings is 1. The predicted octanol–water partition coefficient (Wildman–Crippen LogP) is 4.13. The lowest BCUT2D eigenvalue weighted by Gasteiger charge is -2.36. The lowest BCUT2D eigenvalue weighted by atomic mass is 10.0. The minimum Gasteiger partial charge on any atom is -0.472 e. The molecular formula is C29H31N7O2. The van der Waals surface area contributed by atoms with Crippen LogP contribution in [0.15, 0.2) is 67.0 Å². The third-order valence-electron chi connectivity index (χ3n) is 6.81. The van der Waals surface area contributed by atoms with E-state index in [1.54, 1.807) is 12.4 Å². The van der Waals surface area contributed by atoms with Crippen LogP contribution in [0.3, 0.4) is 0 Å². The number of benzene rings is 2. The van der Waals surface area contributed by atoms with Gasteiger partial charge in [0.15, 0.2) is 11.6 Å². The van der Waals surface area contributed by atoms with E-state index in [1.165, 1.54) is 5.56 Å². The first-order valence-electron chi connectivity index (χ1n) is 13.0. The maximum absolute atomic E-state index is 5.81. The van der Waals surface area contributed by atoms with Gasteiger partial charge in [0.2, 0.25) is 5.88 Å². The molecule has 38 heavy (non-hydrogen) atoms. The van der Waals surface area contributed by atoms with Crippen molar-refractivity contribution in [3.8, 4) is 17.3 Å². The van der Waals surface area contributed by atoms with Crippen LogP contribution >= 0.6 is 0 Å². The van der Waals surface area contributed by atoms with Crippen molar-refractivity contribution in [1.29, 1.82) is 0 Å². The Balaban J connectivity index is 1.19. The van der Waals surface area contributed by atoms with Crippen molar-refractivity contribution >= 4 is 17.3 Å². The van der Waals surface area contributed by atoms with E-state index in [1.807, 2.05) is 54.6 Å². The molecule has 194 valence electrons. The molecule has 9 nitrogen and oxygen atoms in total. The van der Waals surface area contributed by atoms with Crippen LogP contribution in [0, 0.1) is 0 Å². The Hall–Kier alpha value is -4.08. The van der Waals surface area contributed by atoms with Gasteiger partial charge in [-0.05, 0) is 49.7 Å². The van der Waals surface area contributed by atoms with Crippen molar-refractivity contribution in [3.05, 3.63) is 83.8 Å². The normalized spacial score (nSPS) is 17.1. The average Bonchev–Trinajstić information content (AvgIpc) is 2.97. The molecule has 4 heterocycles. The summed E-state index contributed by atoms with van der Waals surface area (Å²) in [7, 11) is 0. The van der Waals surface area contributed by atoms with Gasteiger partial charge in [0.1, 0.15) is 12.4 Å². The number of hydrogen-bond donors (Lipinski definition) is 2. The van der Waals surface area contributed by atoms with E-state index in [2.05, 4.69) is 32.4 Å². The number of ether oxygens (including phenoxy) is 2. The summed E-state index contributed by atoms with van der Waals surface area (Å²) >= 11 is 0. The second kappa shape index (κ2) is 11.1. The topological polar surface area (TPSA) is 97.3 Å². The molecule has 2 aliphatic rings. The van der Waals surface area contributed by atoms with Gasteiger partial charge in [-0.3, -0.25) is 4.98 Å². The Morgan fingerprint density at radius 1 is 1.05 bits per heavy atom. The van der Waals surface area contributed by atoms with Crippen molar-refractivity contribution in [2.24, 2.45) is 0 Å². The zero-order chi connectivity index (χ0) is 25.7. The third-order valence-corrected chi connectivity index (χ3v) is 6.81. The van der Waals surface area contributed by atoms with E-state index in [-0.39, 0.29) is 6.04 Å². The summed E-state index contributed by atoms with van der Waals surface area (Å²) in [5, 5.41) is 6.77. The van der Waals surface area contributed by atoms with Gasteiger partial charge in [-0.1, -0.05) is 30.3 Å². The molecule has 1 unspecified atom stereocenters. The van der Waals surface area contributed by atoms with Crippen LogP contribution in [-0.4, -0.2) is 52.3 Å². The third kappa shape index (κ3) is 5.44. The fourth-order valence-corrected chi connectivity index (χ4v) is 4.81. The first kappa shape index (κ1) is 24.3. The monoisotopic (exact) mass is 509 g/mol. The van der Waals surface area contributed by atoms with E-state index < -0.39 is 0 Å². The first-order chi connectivity index (χ1) is 18.7. The van der Waals surface area contributed by atoms with Gasteiger partial charge in [-0.15, -0.1) is 0 Å². The van der Waals surface area contributed by atoms with Gasteiger partial charge in [-0.2, -0.15) is 4.98 Å². The summed E-state index contributed by atoms with van der Waals surface area (Å²) in [6, 6.07) is 18.4. The first-order valence-corrected chi connectivity index (χ1v) is 13.0. The lowest BCUT2D eigenvalue weighted by Crippen LogP contribution is -2.45. The Kier molecular flexibility index (Phi) is 7.10. The second-order valence-electron chi connectivity index (χ2n) is 9.56. The van der Waals surface area contributed by atoms with Crippen molar-refractivity contribution < 1.29 is 9.47 Å². The Labute approximate surface area is 222 Å². The predicted molar refractivity (Wildman–Crippen MR) is 147 cm³/mol. The van der Waals surface area contributed by atoms with E-state index in [0.717, 1.165) is 66.8 Å². The number of nitrogens with one attached hydrogen (secondary N) is 2. The molecule has 2 aliphatic heterocycles. The second-order valence-corrected chi connectivity index (χ2v) is 9.56. The largest absolute Gasteiger partial charge is 0.472 e. The van der Waals surface area contributed by atoms with Crippen LogP contribution in [0.5, 0.6) is 5.88 Å². The molecule has 0 bridgehead atoms. The molecule has 6 rings (SSSR count). The van der Waals surface area contributed by atoms with E-state index in [4.69, 9.17) is 19.4 Å². The molecule has 0 radical (unpaired) electrons. The van der Waals surface area contributed by atoms with E-state index >= 15 is 0 Å². The molecular weight excluding hydrogens is 478 g/mol. The summed E-state index contributed by atoms with van der Waals surface area (Å²) in [6.07, 6.45) is 4.23. The van der Waals surface area contributed by atoms with E-state index in [9.17, 15) is 0 Å². The summed E-state index contributed by atoms with van der Waals surface area (Å²) in [6.45, 7) is 6.62. The minimum absolute atomic E-state index is 0.283. The van der Waals surface area contributed by atoms with Crippen LogP contribution < -0.4 is 20.3 Å². The zero-order valence-corrected chi connectivity index (χ0v) is 21.4. The van der Waals surface area contributed by atoms with Crippen molar-refractivity contribution in [2.75, 3.05) is 36.5 Å². The molecule has 2 aromatic carbocycles. The van der Waals surface area contributed by atoms with E-state index in [0.29, 0.717) is 24.9 Å². The molecule has 0 spiro atoms. The van der Waals surface area contributed by atoms with Gasteiger partial charge in [0.25, 0.3) is 0 Å². The lowest BCUT2D eigenvalue weighted by molar-refractivity contribution is 0.0984. The molecule has 2 N–H and O–H groups in total. The fourth-order valence-electron chi connectivity index (χ4n) is 4.81. The van der Waals surface area contributed by atoms with Gasteiger partial charge in [-0.25, -0.2) is 9.97 Å². The van der Waals surface area contributed by atoms with Crippen LogP contribution in [0.1, 0.15) is 23.7 Å². The van der Waals surface area contributed by atoms with Crippen LogP contribution in [0.4, 0.5) is 17.3 Å². The van der Waals surface area contributed by atoms with Crippen molar-refractivity contribution in [3.63, 3.8) is 0 Å². The number of rotatable bonds is 7. The van der Waals surface area contributed by atoms with Crippen molar-refractivity contribution in [2.45, 2.75) is 32.5 Å². The van der Waals surface area contributed by atoms with Gasteiger partial charge < -0.3 is 25.0 Å². The quantitative estimate of drug-likeness (QED) is 0.381. The highest BCUT2D eigenvalue weighted by Crippen LogP contribution is 2.30. The van der Waals surface area contributed by atoms with Crippen LogP contribution in [0.2, 0.25) is 0 Å². The number of fused-ring (bicyclic) bond motifs is 1. The molecule has 4 aromatic rings. The van der Waals surface area contributed by atoms with Crippen molar-refractivity contribution in [1.82, 2.24) is 25.3 Å². The molecule has 2 aromatic heterocycles. The summed E-state index contributed by atoms with van der Waals surface area (Å²) in [5.74, 6) is 2.87. The smallest absolute Gasteiger partial charge is 0.234 e. The molecule has 0 amide bonds. The number of nitrogens with zero attached hydrogens (tertiary/aromatic N) is 5. The standard InChI is InChI=1S/C29H31N7O2/c1-20-18-37-14-13-36(20)29-24-11-12-30-15-25(24)33-28(35-29)22-7-9-23(10-8-22)32-26-16-31-17-27(34-26)38-19-21-5-3-2-4-6-21/h2-10,16-17,20,30H,11-15,18-19H2,1H3,(H,32,34). The fraction of sp³-hybridized carbons (Fsp3) is 0.310. The number of aromatic nitrogens is 4. The molecule has 1 fully saturated rings. The summed E-state index contributed by atoms with van der Waals surface area (Å²) in [5.41, 5.74) is 5.28. The van der Waals surface area contributed by atoms with Gasteiger partial charge >= 0.3 is 0 Å². The summed E-state index contributed by atoms with van der Waals surface area (Å²) < 4.78 is 11.5. The molecule has 0 aliphatic carbocycles. The molecule has 1 saturated heterocycles.